The molecule has 1 amide bonds. The Kier molecular flexibility index (Phi) is 5.51. The molecule has 0 saturated carbocycles. The first kappa shape index (κ1) is 17.1. The van der Waals surface area contributed by atoms with Crippen LogP contribution < -0.4 is 5.32 Å². The van der Waals surface area contributed by atoms with E-state index in [4.69, 9.17) is 9.15 Å². The van der Waals surface area contributed by atoms with Gasteiger partial charge >= 0.3 is 12.0 Å². The van der Waals surface area contributed by atoms with Crippen LogP contribution in [0.2, 0.25) is 0 Å². The molecule has 132 valence electrons. The Bertz CT molecular complexity index is 881. The number of nitrogens with one attached hydrogen (secondary N) is 1. The van der Waals surface area contributed by atoms with Crippen molar-refractivity contribution in [3.8, 4) is 5.95 Å². The third-order valence-corrected chi connectivity index (χ3v) is 3.13. The van der Waals surface area contributed by atoms with Gasteiger partial charge in [0.25, 0.3) is 0 Å². The molecule has 0 aliphatic carbocycles. The largest absolute Gasteiger partial charge is 0.479 e. The van der Waals surface area contributed by atoms with E-state index in [-0.39, 0.29) is 30.7 Å². The molecule has 0 aliphatic rings. The van der Waals surface area contributed by atoms with Crippen molar-refractivity contribution in [3.63, 3.8) is 0 Å². The van der Waals surface area contributed by atoms with E-state index in [1.807, 2.05) is 30.3 Å². The first-order valence-electron chi connectivity index (χ1n) is 7.65. The number of nitrogens with zero attached hydrogens (tertiary/aromatic N) is 4. The zero-order valence-electron chi connectivity index (χ0n) is 13.6. The molecule has 0 fully saturated rings. The number of carbonyl (C=O) groups is 1. The summed E-state index contributed by atoms with van der Waals surface area (Å²) in [7, 11) is 0. The van der Waals surface area contributed by atoms with Gasteiger partial charge in [-0.15, -0.1) is 0 Å². The topological polar surface area (TPSA) is 123 Å². The molecule has 0 spiro atoms. The smallest absolute Gasteiger partial charge is 0.407 e. The van der Waals surface area contributed by atoms with Gasteiger partial charge in [-0.05, 0) is 11.6 Å². The van der Waals surface area contributed by atoms with Crippen molar-refractivity contribution in [1.82, 2.24) is 20.3 Å². The highest BCUT2D eigenvalue weighted by Crippen LogP contribution is 2.17. The van der Waals surface area contributed by atoms with Crippen LogP contribution in [0.5, 0.6) is 5.95 Å². The van der Waals surface area contributed by atoms with Gasteiger partial charge in [-0.2, -0.15) is 0 Å². The number of hydrogen-bond donors (Lipinski definition) is 2. The standard InChI is InChI=1S/C17H15N5O4/c23-15-13(9-20-16-18-7-4-8-19-16)22-14(26-15)10-21-17(24)25-11-12-5-2-1-3-6-12/h1-9,23H,10-11H2,(H,21,24)/b20-9+. The molecule has 26 heavy (non-hydrogen) atoms. The van der Waals surface area contributed by atoms with Gasteiger partial charge in [0.15, 0.2) is 5.69 Å². The normalized spacial score (nSPS) is 10.8. The molecular weight excluding hydrogens is 338 g/mol. The Balaban J connectivity index is 1.51. The number of rotatable bonds is 6. The second-order valence-electron chi connectivity index (χ2n) is 5.02. The summed E-state index contributed by atoms with van der Waals surface area (Å²) in [6.07, 6.45) is 3.72. The summed E-state index contributed by atoms with van der Waals surface area (Å²) in [5.74, 6) is -0.0900. The molecule has 2 heterocycles. The zero-order chi connectivity index (χ0) is 18.2. The molecule has 0 bridgehead atoms. The molecule has 0 radical (unpaired) electrons. The lowest BCUT2D eigenvalue weighted by molar-refractivity contribution is 0.138. The third kappa shape index (κ3) is 4.87. The summed E-state index contributed by atoms with van der Waals surface area (Å²) in [5.41, 5.74) is 0.977. The minimum atomic E-state index is -0.626. The van der Waals surface area contributed by atoms with Gasteiger partial charge in [0.05, 0.1) is 12.8 Å². The predicted molar refractivity (Wildman–Crippen MR) is 90.9 cm³/mol. The van der Waals surface area contributed by atoms with E-state index in [2.05, 4.69) is 25.3 Å². The first-order chi connectivity index (χ1) is 12.7. The maximum atomic E-state index is 11.7. The summed E-state index contributed by atoms with van der Waals surface area (Å²) < 4.78 is 10.1. The molecule has 2 aromatic heterocycles. The average molecular weight is 353 g/mol. The van der Waals surface area contributed by atoms with Crippen molar-refractivity contribution in [1.29, 1.82) is 0 Å². The van der Waals surface area contributed by atoms with Crippen LogP contribution in [-0.2, 0) is 17.9 Å². The predicted octanol–water partition coefficient (Wildman–Crippen LogP) is 2.35. The quantitative estimate of drug-likeness (QED) is 0.652. The molecule has 2 N–H and O–H groups in total. The minimum Gasteiger partial charge on any atom is -0.479 e. The lowest BCUT2D eigenvalue weighted by atomic mass is 10.2. The SMILES string of the molecule is O=C(NCc1nc(/C=N/c2ncccn2)c(O)o1)OCc1ccccc1. The molecule has 9 heteroatoms. The van der Waals surface area contributed by atoms with Gasteiger partial charge < -0.3 is 19.6 Å². The van der Waals surface area contributed by atoms with E-state index < -0.39 is 12.0 Å². The monoisotopic (exact) mass is 353 g/mol. The van der Waals surface area contributed by atoms with E-state index in [1.165, 1.54) is 6.21 Å². The van der Waals surface area contributed by atoms with Crippen LogP contribution in [0, 0.1) is 0 Å². The molecule has 3 aromatic rings. The molecular formula is C17H15N5O4. The van der Waals surface area contributed by atoms with Gasteiger partial charge in [-0.1, -0.05) is 30.3 Å². The van der Waals surface area contributed by atoms with E-state index in [0.29, 0.717) is 0 Å². The number of benzene rings is 1. The third-order valence-electron chi connectivity index (χ3n) is 3.13. The van der Waals surface area contributed by atoms with Crippen molar-refractivity contribution >= 4 is 18.3 Å². The number of aromatic nitrogens is 3. The number of ether oxygens (including phenoxy) is 1. The number of oxazole rings is 1. The molecule has 9 nitrogen and oxygen atoms in total. The van der Waals surface area contributed by atoms with Gasteiger partial charge in [0, 0.05) is 12.4 Å². The van der Waals surface area contributed by atoms with Crippen LogP contribution in [0.4, 0.5) is 10.7 Å². The molecule has 0 saturated heterocycles. The molecule has 0 atom stereocenters. The summed E-state index contributed by atoms with van der Waals surface area (Å²) in [4.78, 5) is 27.5. The Hall–Kier alpha value is -3.75. The maximum absolute atomic E-state index is 11.7. The fourth-order valence-corrected chi connectivity index (χ4v) is 1.93. The average Bonchev–Trinajstić information content (AvgIpc) is 3.04. The lowest BCUT2D eigenvalue weighted by Crippen LogP contribution is -2.23. The van der Waals surface area contributed by atoms with Crippen molar-refractivity contribution < 1.29 is 19.1 Å². The zero-order valence-corrected chi connectivity index (χ0v) is 13.6. The van der Waals surface area contributed by atoms with Crippen molar-refractivity contribution in [2.45, 2.75) is 13.2 Å². The van der Waals surface area contributed by atoms with Crippen LogP contribution in [0.25, 0.3) is 0 Å². The second kappa shape index (κ2) is 8.38. The Morgan fingerprint density at radius 3 is 2.77 bits per heavy atom. The van der Waals surface area contributed by atoms with Crippen LogP contribution in [0.3, 0.4) is 0 Å². The number of alkyl carbamates (subject to hydrolysis) is 1. The van der Waals surface area contributed by atoms with E-state index in [1.54, 1.807) is 18.5 Å². The number of amides is 1. The Morgan fingerprint density at radius 1 is 1.23 bits per heavy atom. The van der Waals surface area contributed by atoms with E-state index >= 15 is 0 Å². The number of aromatic hydroxyl groups is 1. The molecule has 1 aromatic carbocycles. The second-order valence-corrected chi connectivity index (χ2v) is 5.02. The summed E-state index contributed by atoms with van der Waals surface area (Å²) in [5, 5.41) is 12.2. The molecule has 0 aliphatic heterocycles. The Morgan fingerprint density at radius 2 is 2.00 bits per heavy atom. The van der Waals surface area contributed by atoms with Crippen LogP contribution in [-0.4, -0.2) is 32.4 Å². The highest BCUT2D eigenvalue weighted by molar-refractivity contribution is 5.81. The maximum Gasteiger partial charge on any atom is 0.407 e. The van der Waals surface area contributed by atoms with Crippen molar-refractivity contribution in [2.75, 3.05) is 0 Å². The fraction of sp³-hybridized carbons (Fsp3) is 0.118. The van der Waals surface area contributed by atoms with Crippen LogP contribution in [0.1, 0.15) is 17.1 Å². The van der Waals surface area contributed by atoms with Crippen LogP contribution >= 0.6 is 0 Å². The summed E-state index contributed by atoms with van der Waals surface area (Å²) >= 11 is 0. The van der Waals surface area contributed by atoms with Crippen molar-refractivity contribution in [2.24, 2.45) is 4.99 Å². The number of aliphatic imine (C=N–C) groups is 1. The van der Waals surface area contributed by atoms with E-state index in [9.17, 15) is 9.90 Å². The van der Waals surface area contributed by atoms with Crippen LogP contribution in [0.15, 0.2) is 58.2 Å². The summed E-state index contributed by atoms with van der Waals surface area (Å²) in [6, 6.07) is 10.9. The van der Waals surface area contributed by atoms with Gasteiger partial charge in [0.2, 0.25) is 11.8 Å². The summed E-state index contributed by atoms with van der Waals surface area (Å²) in [6.45, 7) is 0.106. The number of carbonyl (C=O) groups excluding carboxylic acids is 1. The van der Waals surface area contributed by atoms with Gasteiger partial charge in [0.1, 0.15) is 6.61 Å². The molecule has 3 rings (SSSR count). The highest BCUT2D eigenvalue weighted by Gasteiger charge is 2.12. The lowest BCUT2D eigenvalue weighted by Gasteiger charge is -2.05. The van der Waals surface area contributed by atoms with E-state index in [0.717, 1.165) is 5.56 Å². The number of hydrogen-bond acceptors (Lipinski definition) is 8. The molecule has 0 unspecified atom stereocenters. The fourth-order valence-electron chi connectivity index (χ4n) is 1.93. The van der Waals surface area contributed by atoms with Gasteiger partial charge in [-0.3, -0.25) is 0 Å². The Labute approximate surface area is 148 Å². The van der Waals surface area contributed by atoms with Crippen molar-refractivity contribution in [3.05, 3.63) is 65.9 Å². The first-order valence-corrected chi connectivity index (χ1v) is 7.65. The van der Waals surface area contributed by atoms with Gasteiger partial charge in [-0.25, -0.2) is 24.7 Å². The highest BCUT2D eigenvalue weighted by atomic mass is 16.5. The minimum absolute atomic E-state index is 0.0448.